The van der Waals surface area contributed by atoms with Gasteiger partial charge in [0.25, 0.3) is 10.1 Å². The monoisotopic (exact) mass is 492 g/mol. The van der Waals surface area contributed by atoms with E-state index in [4.69, 9.17) is 46.4 Å². The molecule has 0 radical (unpaired) electrons. The number of hydrogen-bond donors (Lipinski definition) is 3. The van der Waals surface area contributed by atoms with E-state index < -0.39 is 31.9 Å². The molecule has 0 saturated heterocycles. The fraction of sp³-hybridized carbons (Fsp3) is 0.0526. The van der Waals surface area contributed by atoms with Crippen molar-refractivity contribution >= 4 is 56.5 Å². The van der Waals surface area contributed by atoms with E-state index in [1.165, 1.54) is 36.4 Å². The molecule has 152 valence electrons. The van der Waals surface area contributed by atoms with E-state index >= 15 is 0 Å². The second-order valence-corrected chi connectivity index (χ2v) is 9.23. The van der Waals surface area contributed by atoms with Crippen LogP contribution in [-0.4, -0.2) is 23.2 Å². The minimum atomic E-state index is -5.09. The van der Waals surface area contributed by atoms with Gasteiger partial charge >= 0.3 is 0 Å². The Morgan fingerprint density at radius 3 is 1.93 bits per heavy atom. The third kappa shape index (κ3) is 3.54. The number of rotatable bonds is 4. The third-order valence-electron chi connectivity index (χ3n) is 4.42. The minimum Gasteiger partial charge on any atom is -0.506 e. The van der Waals surface area contributed by atoms with Gasteiger partial charge < -0.3 is 10.2 Å². The summed E-state index contributed by atoms with van der Waals surface area (Å²) < 4.78 is 33.9. The molecule has 1 unspecified atom stereocenters. The van der Waals surface area contributed by atoms with Gasteiger partial charge in [0, 0.05) is 5.56 Å². The summed E-state index contributed by atoms with van der Waals surface area (Å²) in [7, 11) is -5.09. The number of phenols is 2. The number of hydrogen-bond acceptors (Lipinski definition) is 4. The number of aromatic hydroxyl groups is 2. The van der Waals surface area contributed by atoms with Gasteiger partial charge in [-0.05, 0) is 29.3 Å². The average Bonchev–Trinajstić information content (AvgIpc) is 2.65. The second kappa shape index (κ2) is 7.87. The normalized spacial score (nSPS) is 13.8. The Labute approximate surface area is 186 Å². The first-order valence-electron chi connectivity index (χ1n) is 7.90. The molecule has 0 aliphatic carbocycles. The van der Waals surface area contributed by atoms with Crippen molar-refractivity contribution in [3.63, 3.8) is 0 Å². The lowest BCUT2D eigenvalue weighted by atomic mass is 9.83. The van der Waals surface area contributed by atoms with Crippen LogP contribution >= 0.6 is 46.4 Å². The molecule has 0 heterocycles. The third-order valence-corrected chi connectivity index (χ3v) is 7.26. The van der Waals surface area contributed by atoms with E-state index in [9.17, 15) is 23.2 Å². The molecule has 3 aromatic carbocycles. The SMILES string of the molecule is O=S(=O)(O)C(c1ccccc1)(c1ccc(Cl)c(O)c1)c1c(Cl)cc(Cl)c(Cl)c1O. The minimum absolute atomic E-state index is 0.0276. The van der Waals surface area contributed by atoms with Crippen LogP contribution in [0.5, 0.6) is 11.5 Å². The highest BCUT2D eigenvalue weighted by Crippen LogP contribution is 2.53. The molecular formula is C19H12Cl4O5S. The van der Waals surface area contributed by atoms with Gasteiger partial charge in [-0.15, -0.1) is 0 Å². The maximum absolute atomic E-state index is 12.9. The summed E-state index contributed by atoms with van der Waals surface area (Å²) in [6, 6.07) is 12.3. The maximum Gasteiger partial charge on any atom is 0.283 e. The Hall–Kier alpha value is -1.67. The van der Waals surface area contributed by atoms with Crippen molar-refractivity contribution in [1.82, 2.24) is 0 Å². The molecule has 0 fully saturated rings. The highest BCUT2D eigenvalue weighted by atomic mass is 35.5. The predicted octanol–water partition coefficient (Wildman–Crippen LogP) is 5.89. The Bertz CT molecular complexity index is 1200. The molecule has 3 aromatic rings. The van der Waals surface area contributed by atoms with Gasteiger partial charge in [-0.1, -0.05) is 82.8 Å². The van der Waals surface area contributed by atoms with Crippen LogP contribution in [0, 0.1) is 0 Å². The summed E-state index contributed by atoms with van der Waals surface area (Å²) in [5.41, 5.74) is -0.535. The number of benzene rings is 3. The lowest BCUT2D eigenvalue weighted by Gasteiger charge is -2.34. The van der Waals surface area contributed by atoms with Crippen LogP contribution in [0.3, 0.4) is 0 Å². The van der Waals surface area contributed by atoms with E-state index in [0.717, 1.165) is 12.1 Å². The van der Waals surface area contributed by atoms with Crippen LogP contribution < -0.4 is 0 Å². The lowest BCUT2D eigenvalue weighted by Crippen LogP contribution is -2.38. The van der Waals surface area contributed by atoms with E-state index in [2.05, 4.69) is 0 Å². The highest BCUT2D eigenvalue weighted by Gasteiger charge is 2.52. The Morgan fingerprint density at radius 1 is 0.759 bits per heavy atom. The molecule has 0 spiro atoms. The summed E-state index contributed by atoms with van der Waals surface area (Å²) in [4.78, 5) is 0. The molecule has 5 nitrogen and oxygen atoms in total. The quantitative estimate of drug-likeness (QED) is 0.239. The number of halogens is 4. The van der Waals surface area contributed by atoms with E-state index in [0.29, 0.717) is 0 Å². The molecule has 29 heavy (non-hydrogen) atoms. The van der Waals surface area contributed by atoms with Crippen molar-refractivity contribution in [2.75, 3.05) is 0 Å². The van der Waals surface area contributed by atoms with E-state index in [1.807, 2.05) is 0 Å². The van der Waals surface area contributed by atoms with Crippen molar-refractivity contribution in [3.05, 3.63) is 91.4 Å². The molecule has 0 bridgehead atoms. The van der Waals surface area contributed by atoms with Crippen LogP contribution in [0.1, 0.15) is 16.7 Å². The van der Waals surface area contributed by atoms with Crippen LogP contribution in [0.25, 0.3) is 0 Å². The largest absolute Gasteiger partial charge is 0.506 e. The van der Waals surface area contributed by atoms with Gasteiger partial charge in [-0.25, -0.2) is 0 Å². The molecule has 3 N–H and O–H groups in total. The average molecular weight is 494 g/mol. The summed E-state index contributed by atoms with van der Waals surface area (Å²) in [5.74, 6) is -1.18. The van der Waals surface area contributed by atoms with Crippen LogP contribution in [0.4, 0.5) is 0 Å². The molecular weight excluding hydrogens is 482 g/mol. The Morgan fingerprint density at radius 2 is 1.38 bits per heavy atom. The van der Waals surface area contributed by atoms with Crippen LogP contribution in [0.2, 0.25) is 20.1 Å². The van der Waals surface area contributed by atoms with E-state index in [-0.39, 0.29) is 31.2 Å². The maximum atomic E-state index is 12.9. The first kappa shape index (κ1) is 22.0. The van der Waals surface area contributed by atoms with Gasteiger partial charge in [0.2, 0.25) is 0 Å². The molecule has 0 aromatic heterocycles. The summed E-state index contributed by atoms with van der Waals surface area (Å²) in [5, 5.41) is 20.1. The van der Waals surface area contributed by atoms with Gasteiger partial charge in [0.1, 0.15) is 16.5 Å². The first-order valence-corrected chi connectivity index (χ1v) is 10.9. The molecule has 10 heteroatoms. The predicted molar refractivity (Wildman–Crippen MR) is 114 cm³/mol. The first-order chi connectivity index (χ1) is 13.5. The Kier molecular flexibility index (Phi) is 5.98. The fourth-order valence-corrected chi connectivity index (χ4v) is 5.45. The summed E-state index contributed by atoms with van der Waals surface area (Å²) >= 11 is 24.2. The zero-order valence-electron chi connectivity index (χ0n) is 14.3. The zero-order valence-corrected chi connectivity index (χ0v) is 18.1. The standard InChI is InChI=1S/C19H12Cl4O5S/c20-12-7-6-11(8-15(12)24)19(29(26,27)28,10-4-2-1-3-5-10)16-13(21)9-14(22)17(23)18(16)25/h1-9,24-25H,(H,26,27,28). The fourth-order valence-electron chi connectivity index (χ4n) is 3.20. The molecule has 0 amide bonds. The van der Waals surface area contributed by atoms with Crippen molar-refractivity contribution in [2.24, 2.45) is 0 Å². The van der Waals surface area contributed by atoms with Crippen LogP contribution in [-0.2, 0) is 14.9 Å². The molecule has 0 aliphatic rings. The van der Waals surface area contributed by atoms with Gasteiger partial charge in [-0.2, -0.15) is 8.42 Å². The second-order valence-electron chi connectivity index (χ2n) is 6.07. The van der Waals surface area contributed by atoms with Crippen molar-refractivity contribution in [3.8, 4) is 11.5 Å². The molecule has 0 aliphatic heterocycles. The molecule has 3 rings (SSSR count). The van der Waals surface area contributed by atoms with Gasteiger partial charge in [0.15, 0.2) is 4.75 Å². The molecule has 1 atom stereocenters. The zero-order chi connectivity index (χ0) is 21.6. The van der Waals surface area contributed by atoms with Gasteiger partial charge in [0.05, 0.1) is 15.1 Å². The topological polar surface area (TPSA) is 94.8 Å². The lowest BCUT2D eigenvalue weighted by molar-refractivity contribution is 0.439. The smallest absolute Gasteiger partial charge is 0.283 e. The summed E-state index contributed by atoms with van der Waals surface area (Å²) in [6.07, 6.45) is 0. The highest BCUT2D eigenvalue weighted by molar-refractivity contribution is 7.87. The Balaban J connectivity index is 2.62. The van der Waals surface area contributed by atoms with Crippen molar-refractivity contribution in [1.29, 1.82) is 0 Å². The summed E-state index contributed by atoms with van der Waals surface area (Å²) in [6.45, 7) is 0. The molecule has 0 saturated carbocycles. The van der Waals surface area contributed by atoms with Crippen molar-refractivity contribution in [2.45, 2.75) is 4.75 Å². The number of phenolic OH excluding ortho intramolecular Hbond substituents is 2. The van der Waals surface area contributed by atoms with Gasteiger partial charge in [-0.3, -0.25) is 4.55 Å². The van der Waals surface area contributed by atoms with E-state index in [1.54, 1.807) is 6.07 Å². The van der Waals surface area contributed by atoms with Crippen molar-refractivity contribution < 1.29 is 23.2 Å². The van der Waals surface area contributed by atoms with Crippen LogP contribution in [0.15, 0.2) is 54.6 Å².